The SMILES string of the molecule is Cn1cc(O)c2ccc(Nc3n[nH]c4cccnc34)cc21. The van der Waals surface area contributed by atoms with Gasteiger partial charge in [0, 0.05) is 30.5 Å². The van der Waals surface area contributed by atoms with Crippen LogP contribution in [0.5, 0.6) is 5.75 Å². The molecule has 4 aromatic rings. The Hall–Kier alpha value is -3.02. The van der Waals surface area contributed by atoms with Gasteiger partial charge in [-0.1, -0.05) is 0 Å². The van der Waals surface area contributed by atoms with E-state index in [1.165, 1.54) is 0 Å². The van der Waals surface area contributed by atoms with Gasteiger partial charge >= 0.3 is 0 Å². The number of nitrogens with one attached hydrogen (secondary N) is 2. The van der Waals surface area contributed by atoms with Crippen LogP contribution in [-0.4, -0.2) is 24.9 Å². The molecule has 0 saturated carbocycles. The first-order chi connectivity index (χ1) is 10.2. The third kappa shape index (κ3) is 1.80. The van der Waals surface area contributed by atoms with Gasteiger partial charge in [0.25, 0.3) is 0 Å². The Morgan fingerprint density at radius 3 is 3.10 bits per heavy atom. The number of benzene rings is 1. The fourth-order valence-electron chi connectivity index (χ4n) is 2.52. The Labute approximate surface area is 120 Å². The average molecular weight is 279 g/mol. The number of anilines is 2. The Morgan fingerprint density at radius 1 is 1.29 bits per heavy atom. The molecule has 0 saturated heterocycles. The maximum absolute atomic E-state index is 9.81. The zero-order valence-corrected chi connectivity index (χ0v) is 11.3. The molecule has 0 aliphatic rings. The molecule has 3 aromatic heterocycles. The van der Waals surface area contributed by atoms with Gasteiger partial charge in [0.15, 0.2) is 5.82 Å². The summed E-state index contributed by atoms with van der Waals surface area (Å²) in [5.41, 5.74) is 3.53. The van der Waals surface area contributed by atoms with E-state index >= 15 is 0 Å². The minimum Gasteiger partial charge on any atom is -0.506 e. The van der Waals surface area contributed by atoms with E-state index in [1.54, 1.807) is 12.4 Å². The number of hydrogen-bond donors (Lipinski definition) is 3. The van der Waals surface area contributed by atoms with Crippen molar-refractivity contribution in [3.05, 3.63) is 42.7 Å². The predicted octanol–water partition coefficient (Wildman–Crippen LogP) is 2.90. The fraction of sp³-hybridized carbons (Fsp3) is 0.0667. The Kier molecular flexibility index (Phi) is 2.38. The number of H-pyrrole nitrogens is 1. The monoisotopic (exact) mass is 279 g/mol. The van der Waals surface area contributed by atoms with E-state index in [-0.39, 0.29) is 5.75 Å². The number of pyridine rings is 1. The highest BCUT2D eigenvalue weighted by molar-refractivity contribution is 5.92. The van der Waals surface area contributed by atoms with Gasteiger partial charge < -0.3 is 15.0 Å². The summed E-state index contributed by atoms with van der Waals surface area (Å²) in [5.74, 6) is 0.967. The summed E-state index contributed by atoms with van der Waals surface area (Å²) in [6.07, 6.45) is 3.43. The maximum Gasteiger partial charge on any atom is 0.178 e. The van der Waals surface area contributed by atoms with E-state index < -0.39 is 0 Å². The molecule has 0 unspecified atom stereocenters. The topological polar surface area (TPSA) is 78.8 Å². The van der Waals surface area contributed by atoms with Crippen LogP contribution in [0.25, 0.3) is 21.9 Å². The first-order valence-corrected chi connectivity index (χ1v) is 6.56. The van der Waals surface area contributed by atoms with Crippen LogP contribution in [0.3, 0.4) is 0 Å². The van der Waals surface area contributed by atoms with Crippen molar-refractivity contribution in [1.29, 1.82) is 0 Å². The van der Waals surface area contributed by atoms with Crippen LogP contribution in [0.2, 0.25) is 0 Å². The molecular formula is C15H13N5O. The highest BCUT2D eigenvalue weighted by Gasteiger charge is 2.09. The molecule has 3 heterocycles. The third-order valence-corrected chi connectivity index (χ3v) is 3.55. The molecule has 0 amide bonds. The Bertz CT molecular complexity index is 953. The van der Waals surface area contributed by atoms with Crippen LogP contribution in [0.15, 0.2) is 42.7 Å². The van der Waals surface area contributed by atoms with Crippen LogP contribution in [0.4, 0.5) is 11.5 Å². The molecule has 21 heavy (non-hydrogen) atoms. The molecule has 0 fully saturated rings. The standard InChI is InChI=1S/C15H13N5O/c1-20-8-13(21)10-5-4-9(7-12(10)20)17-15-14-11(18-19-15)3-2-6-16-14/h2-8,21H,1H3,(H2,17,18,19). The van der Waals surface area contributed by atoms with E-state index in [2.05, 4.69) is 20.5 Å². The smallest absolute Gasteiger partial charge is 0.178 e. The van der Waals surface area contributed by atoms with Crippen molar-refractivity contribution in [2.45, 2.75) is 0 Å². The molecule has 6 nitrogen and oxygen atoms in total. The lowest BCUT2D eigenvalue weighted by atomic mass is 10.2. The molecule has 0 spiro atoms. The molecule has 0 radical (unpaired) electrons. The van der Waals surface area contributed by atoms with Crippen LogP contribution < -0.4 is 5.32 Å². The van der Waals surface area contributed by atoms with E-state index in [9.17, 15) is 5.11 Å². The van der Waals surface area contributed by atoms with Crippen molar-refractivity contribution in [1.82, 2.24) is 19.7 Å². The molecule has 0 atom stereocenters. The van der Waals surface area contributed by atoms with E-state index in [0.29, 0.717) is 5.82 Å². The maximum atomic E-state index is 9.81. The number of fused-ring (bicyclic) bond motifs is 2. The molecule has 0 bridgehead atoms. The molecular weight excluding hydrogens is 266 g/mol. The average Bonchev–Trinajstić information content (AvgIpc) is 3.02. The lowest BCUT2D eigenvalue weighted by Crippen LogP contribution is -1.93. The number of aromatic amines is 1. The lowest BCUT2D eigenvalue weighted by Gasteiger charge is -2.04. The van der Waals surface area contributed by atoms with E-state index in [0.717, 1.165) is 27.6 Å². The summed E-state index contributed by atoms with van der Waals surface area (Å²) >= 11 is 0. The van der Waals surface area contributed by atoms with Crippen molar-refractivity contribution in [3.8, 4) is 5.75 Å². The summed E-state index contributed by atoms with van der Waals surface area (Å²) < 4.78 is 1.89. The van der Waals surface area contributed by atoms with E-state index in [4.69, 9.17) is 0 Å². The van der Waals surface area contributed by atoms with E-state index in [1.807, 2.05) is 41.9 Å². The van der Waals surface area contributed by atoms with Gasteiger partial charge in [-0.05, 0) is 30.3 Å². The predicted molar refractivity (Wildman–Crippen MR) is 81.8 cm³/mol. The van der Waals surface area contributed by atoms with Crippen LogP contribution in [0.1, 0.15) is 0 Å². The van der Waals surface area contributed by atoms with Gasteiger partial charge in [-0.25, -0.2) is 0 Å². The Morgan fingerprint density at radius 2 is 2.19 bits per heavy atom. The number of aromatic nitrogens is 4. The molecule has 4 rings (SSSR count). The van der Waals surface area contributed by atoms with Crippen molar-refractivity contribution < 1.29 is 5.11 Å². The second-order valence-electron chi connectivity index (χ2n) is 4.95. The van der Waals surface area contributed by atoms with Crippen molar-refractivity contribution in [2.75, 3.05) is 5.32 Å². The number of hydrogen-bond acceptors (Lipinski definition) is 4. The second-order valence-corrected chi connectivity index (χ2v) is 4.95. The largest absolute Gasteiger partial charge is 0.506 e. The molecule has 0 aliphatic heterocycles. The highest BCUT2D eigenvalue weighted by atomic mass is 16.3. The van der Waals surface area contributed by atoms with Gasteiger partial charge in [0.05, 0.1) is 11.0 Å². The summed E-state index contributed by atoms with van der Waals surface area (Å²) in [6.45, 7) is 0. The number of aromatic hydroxyl groups is 1. The summed E-state index contributed by atoms with van der Waals surface area (Å²) in [4.78, 5) is 4.32. The molecule has 1 aromatic carbocycles. The summed E-state index contributed by atoms with van der Waals surface area (Å²) in [7, 11) is 1.90. The zero-order chi connectivity index (χ0) is 14.4. The van der Waals surface area contributed by atoms with Gasteiger partial charge in [-0.2, -0.15) is 5.10 Å². The number of aryl methyl sites for hydroxylation is 1. The summed E-state index contributed by atoms with van der Waals surface area (Å²) in [6, 6.07) is 9.56. The number of rotatable bonds is 2. The van der Waals surface area contributed by atoms with Crippen molar-refractivity contribution in [3.63, 3.8) is 0 Å². The minimum absolute atomic E-state index is 0.283. The molecule has 0 aliphatic carbocycles. The Balaban J connectivity index is 1.78. The molecule has 6 heteroatoms. The normalized spacial score (nSPS) is 11.3. The molecule has 104 valence electrons. The summed E-state index contributed by atoms with van der Waals surface area (Å²) in [5, 5.41) is 21.1. The van der Waals surface area contributed by atoms with Crippen LogP contribution in [-0.2, 0) is 7.05 Å². The highest BCUT2D eigenvalue weighted by Crippen LogP contribution is 2.30. The first-order valence-electron chi connectivity index (χ1n) is 6.56. The number of nitrogens with zero attached hydrogens (tertiary/aromatic N) is 3. The quantitative estimate of drug-likeness (QED) is 0.527. The zero-order valence-electron chi connectivity index (χ0n) is 11.3. The minimum atomic E-state index is 0.283. The molecule has 3 N–H and O–H groups in total. The van der Waals surface area contributed by atoms with Gasteiger partial charge in [0.1, 0.15) is 11.3 Å². The lowest BCUT2D eigenvalue weighted by molar-refractivity contribution is 0.479. The fourth-order valence-corrected chi connectivity index (χ4v) is 2.52. The van der Waals surface area contributed by atoms with Crippen molar-refractivity contribution >= 4 is 33.4 Å². The van der Waals surface area contributed by atoms with Crippen LogP contribution >= 0.6 is 0 Å². The first kappa shape index (κ1) is 11.8. The van der Waals surface area contributed by atoms with Gasteiger partial charge in [-0.15, -0.1) is 0 Å². The van der Waals surface area contributed by atoms with Gasteiger partial charge in [0.2, 0.25) is 0 Å². The second kappa shape index (κ2) is 4.24. The van der Waals surface area contributed by atoms with Crippen molar-refractivity contribution in [2.24, 2.45) is 7.05 Å². The third-order valence-electron chi connectivity index (χ3n) is 3.55. The van der Waals surface area contributed by atoms with Gasteiger partial charge in [-0.3, -0.25) is 10.1 Å². The van der Waals surface area contributed by atoms with Crippen LogP contribution in [0, 0.1) is 0 Å².